The second kappa shape index (κ2) is 5.21. The van der Waals surface area contributed by atoms with E-state index in [4.69, 9.17) is 4.74 Å². The smallest absolute Gasteiger partial charge is 0.414 e. The third kappa shape index (κ3) is 2.88. The number of aryl methyl sites for hydroxylation is 1. The van der Waals surface area contributed by atoms with Gasteiger partial charge in [-0.15, -0.1) is 0 Å². The van der Waals surface area contributed by atoms with Crippen molar-refractivity contribution in [2.24, 2.45) is 0 Å². The molecule has 0 saturated carbocycles. The average molecular weight is 247 g/mol. The Morgan fingerprint density at radius 1 is 1.50 bits per heavy atom. The minimum absolute atomic E-state index is 0.125. The highest BCUT2D eigenvalue weighted by molar-refractivity contribution is 5.89. The van der Waals surface area contributed by atoms with Crippen molar-refractivity contribution < 1.29 is 14.3 Å². The van der Waals surface area contributed by atoms with Crippen LogP contribution >= 0.6 is 0 Å². The molecule has 0 aromatic heterocycles. The van der Waals surface area contributed by atoms with Crippen LogP contribution in [0, 0.1) is 6.92 Å². The number of Topliss-reactive ketones (excluding diaryl/α,β-unsaturated/α-hetero) is 1. The molecule has 4 nitrogen and oxygen atoms in total. The molecule has 1 aromatic carbocycles. The van der Waals surface area contributed by atoms with Crippen LogP contribution in [-0.4, -0.2) is 24.5 Å². The molecule has 1 aromatic rings. The lowest BCUT2D eigenvalue weighted by atomic mass is 10.1. The highest BCUT2D eigenvalue weighted by atomic mass is 16.6. The summed E-state index contributed by atoms with van der Waals surface area (Å²) < 4.78 is 5.25. The fourth-order valence-electron chi connectivity index (χ4n) is 2.04. The summed E-state index contributed by atoms with van der Waals surface area (Å²) in [7, 11) is 0. The first-order valence-corrected chi connectivity index (χ1v) is 6.10. The van der Waals surface area contributed by atoms with Crippen LogP contribution in [-0.2, 0) is 9.53 Å². The molecule has 1 heterocycles. The summed E-state index contributed by atoms with van der Waals surface area (Å²) in [6.07, 6.45) is 0.555. The van der Waals surface area contributed by atoms with E-state index in [0.29, 0.717) is 19.4 Å². The van der Waals surface area contributed by atoms with Crippen molar-refractivity contribution in [3.05, 3.63) is 29.8 Å². The Hall–Kier alpha value is -1.84. The molecule has 96 valence electrons. The largest absolute Gasteiger partial charge is 0.444 e. The Morgan fingerprint density at radius 2 is 2.28 bits per heavy atom. The van der Waals surface area contributed by atoms with Gasteiger partial charge in [0.2, 0.25) is 0 Å². The first-order valence-electron chi connectivity index (χ1n) is 6.10. The van der Waals surface area contributed by atoms with Crippen molar-refractivity contribution in [1.82, 2.24) is 0 Å². The molecule has 2 rings (SSSR count). The highest BCUT2D eigenvalue weighted by Crippen LogP contribution is 2.24. The number of ether oxygens (including phenoxy) is 1. The van der Waals surface area contributed by atoms with E-state index in [0.717, 1.165) is 11.3 Å². The van der Waals surface area contributed by atoms with Crippen LogP contribution in [0.4, 0.5) is 10.5 Å². The van der Waals surface area contributed by atoms with Gasteiger partial charge in [0.15, 0.2) is 0 Å². The van der Waals surface area contributed by atoms with Crippen molar-refractivity contribution in [3.63, 3.8) is 0 Å². The van der Waals surface area contributed by atoms with Gasteiger partial charge in [-0.1, -0.05) is 12.1 Å². The minimum Gasteiger partial charge on any atom is -0.444 e. The summed E-state index contributed by atoms with van der Waals surface area (Å²) >= 11 is 0. The molecule has 0 aliphatic carbocycles. The van der Waals surface area contributed by atoms with Gasteiger partial charge in [-0.05, 0) is 38.0 Å². The summed E-state index contributed by atoms with van der Waals surface area (Å²) in [5.74, 6) is 0.125. The normalized spacial score (nSPS) is 18.9. The molecule has 0 unspecified atom stereocenters. The summed E-state index contributed by atoms with van der Waals surface area (Å²) in [5.41, 5.74) is 1.96. The van der Waals surface area contributed by atoms with Crippen LogP contribution < -0.4 is 4.90 Å². The number of carbonyl (C=O) groups excluding carboxylic acids is 2. The van der Waals surface area contributed by atoms with Crippen molar-refractivity contribution >= 4 is 17.6 Å². The fourth-order valence-corrected chi connectivity index (χ4v) is 2.04. The molecule has 1 aliphatic heterocycles. The number of cyclic esters (lactones) is 1. The summed E-state index contributed by atoms with van der Waals surface area (Å²) in [6.45, 7) is 4.06. The van der Waals surface area contributed by atoms with Gasteiger partial charge in [0.1, 0.15) is 11.9 Å². The second-order valence-electron chi connectivity index (χ2n) is 4.70. The Labute approximate surface area is 107 Å². The maximum Gasteiger partial charge on any atom is 0.414 e. The summed E-state index contributed by atoms with van der Waals surface area (Å²) in [6, 6.07) is 7.75. The van der Waals surface area contributed by atoms with E-state index in [2.05, 4.69) is 0 Å². The molecular weight excluding hydrogens is 230 g/mol. The van der Waals surface area contributed by atoms with Crippen molar-refractivity contribution in [3.8, 4) is 0 Å². The molecule has 0 bridgehead atoms. The second-order valence-corrected chi connectivity index (χ2v) is 4.70. The number of hydrogen-bond donors (Lipinski definition) is 0. The SMILES string of the molecule is CC(=O)CC[C@H]1CN(c2cccc(C)c2)C(=O)O1. The van der Waals surface area contributed by atoms with E-state index >= 15 is 0 Å². The van der Waals surface area contributed by atoms with Gasteiger partial charge < -0.3 is 9.53 Å². The van der Waals surface area contributed by atoms with Gasteiger partial charge >= 0.3 is 6.09 Å². The van der Waals surface area contributed by atoms with E-state index in [9.17, 15) is 9.59 Å². The Balaban J connectivity index is 2.03. The summed E-state index contributed by atoms with van der Waals surface area (Å²) in [4.78, 5) is 24.3. The van der Waals surface area contributed by atoms with E-state index < -0.39 is 0 Å². The number of carbonyl (C=O) groups is 2. The van der Waals surface area contributed by atoms with Gasteiger partial charge in [0.05, 0.1) is 6.54 Å². The lowest BCUT2D eigenvalue weighted by Gasteiger charge is -2.13. The molecular formula is C14H17NO3. The predicted octanol–water partition coefficient (Wildman–Crippen LogP) is 2.69. The van der Waals surface area contributed by atoms with Crippen LogP contribution in [0.5, 0.6) is 0 Å². The topological polar surface area (TPSA) is 46.6 Å². The molecule has 0 spiro atoms. The zero-order valence-corrected chi connectivity index (χ0v) is 10.7. The number of amides is 1. The molecule has 18 heavy (non-hydrogen) atoms. The van der Waals surface area contributed by atoms with Gasteiger partial charge in [0.25, 0.3) is 0 Å². The van der Waals surface area contributed by atoms with Crippen molar-refractivity contribution in [2.45, 2.75) is 32.8 Å². The molecule has 1 saturated heterocycles. The number of nitrogens with zero attached hydrogens (tertiary/aromatic N) is 1. The number of hydrogen-bond acceptors (Lipinski definition) is 3. The van der Waals surface area contributed by atoms with Crippen LogP contribution in [0.3, 0.4) is 0 Å². The number of ketones is 1. The molecule has 1 fully saturated rings. The molecule has 1 amide bonds. The molecule has 1 aliphatic rings. The molecule has 4 heteroatoms. The maximum absolute atomic E-state index is 11.8. The fraction of sp³-hybridized carbons (Fsp3) is 0.429. The monoisotopic (exact) mass is 247 g/mol. The minimum atomic E-state index is -0.325. The lowest BCUT2D eigenvalue weighted by Crippen LogP contribution is -2.24. The van der Waals surface area contributed by atoms with Crippen LogP contribution in [0.25, 0.3) is 0 Å². The van der Waals surface area contributed by atoms with E-state index in [1.807, 2.05) is 31.2 Å². The van der Waals surface area contributed by atoms with Gasteiger partial charge in [-0.2, -0.15) is 0 Å². The van der Waals surface area contributed by atoms with Crippen LogP contribution in [0.1, 0.15) is 25.3 Å². The number of rotatable bonds is 4. The van der Waals surface area contributed by atoms with Crippen LogP contribution in [0.15, 0.2) is 24.3 Å². The average Bonchev–Trinajstić information content (AvgIpc) is 2.68. The first-order chi connectivity index (χ1) is 8.56. The third-order valence-corrected chi connectivity index (χ3v) is 3.01. The van der Waals surface area contributed by atoms with E-state index in [1.54, 1.807) is 11.8 Å². The maximum atomic E-state index is 11.8. The summed E-state index contributed by atoms with van der Waals surface area (Å²) in [5, 5.41) is 0. The first kappa shape index (κ1) is 12.6. The van der Waals surface area contributed by atoms with E-state index in [-0.39, 0.29) is 18.0 Å². The zero-order valence-electron chi connectivity index (χ0n) is 10.7. The molecule has 1 atom stereocenters. The van der Waals surface area contributed by atoms with Gasteiger partial charge in [-0.25, -0.2) is 4.79 Å². The van der Waals surface area contributed by atoms with Gasteiger partial charge in [-0.3, -0.25) is 4.90 Å². The quantitative estimate of drug-likeness (QED) is 0.821. The van der Waals surface area contributed by atoms with Gasteiger partial charge in [0, 0.05) is 12.1 Å². The highest BCUT2D eigenvalue weighted by Gasteiger charge is 2.32. The third-order valence-electron chi connectivity index (χ3n) is 3.01. The number of anilines is 1. The number of benzene rings is 1. The lowest BCUT2D eigenvalue weighted by molar-refractivity contribution is -0.117. The zero-order chi connectivity index (χ0) is 13.1. The van der Waals surface area contributed by atoms with Crippen LogP contribution in [0.2, 0.25) is 0 Å². The Bertz CT molecular complexity index is 470. The predicted molar refractivity (Wildman–Crippen MR) is 68.7 cm³/mol. The molecule has 0 N–H and O–H groups in total. The van der Waals surface area contributed by atoms with Crippen molar-refractivity contribution in [2.75, 3.05) is 11.4 Å². The molecule has 0 radical (unpaired) electrons. The standard InChI is InChI=1S/C14H17NO3/c1-10-4-3-5-12(8-10)15-9-13(18-14(15)17)7-6-11(2)16/h3-5,8,13H,6-7,9H2,1-2H3/t13-/m0/s1. The van der Waals surface area contributed by atoms with Crippen molar-refractivity contribution in [1.29, 1.82) is 0 Å². The Kier molecular flexibility index (Phi) is 3.65. The Morgan fingerprint density at radius 3 is 2.94 bits per heavy atom. The van der Waals surface area contributed by atoms with E-state index in [1.165, 1.54) is 0 Å².